The van der Waals surface area contributed by atoms with Crippen LogP contribution in [0.5, 0.6) is 0 Å². The van der Waals surface area contributed by atoms with Crippen molar-refractivity contribution in [2.75, 3.05) is 42.2 Å². The van der Waals surface area contributed by atoms with Gasteiger partial charge in [0, 0.05) is 50.5 Å². The molecule has 1 fully saturated rings. The molecule has 1 aliphatic rings. The van der Waals surface area contributed by atoms with Crippen LogP contribution in [0, 0.1) is 5.82 Å². The van der Waals surface area contributed by atoms with Gasteiger partial charge in [-0.15, -0.1) is 0 Å². The molecule has 1 saturated heterocycles. The van der Waals surface area contributed by atoms with Gasteiger partial charge in [0.15, 0.2) is 5.16 Å². The van der Waals surface area contributed by atoms with Crippen molar-refractivity contribution >= 4 is 23.3 Å². The van der Waals surface area contributed by atoms with Gasteiger partial charge >= 0.3 is 0 Å². The number of rotatable bonds is 10. The van der Waals surface area contributed by atoms with Crippen LogP contribution in [0.15, 0.2) is 35.6 Å². The highest BCUT2D eigenvalue weighted by molar-refractivity contribution is 7.98. The first-order valence-corrected chi connectivity index (χ1v) is 12.2. The van der Waals surface area contributed by atoms with E-state index in [0.717, 1.165) is 49.3 Å². The lowest BCUT2D eigenvalue weighted by Crippen LogP contribution is -2.47. The number of hydrogen-bond donors (Lipinski definition) is 1. The standard InChI is InChI=1S/C23H34FN5S/c1-4-5-6-9-18(2)25-16-19-17-26-23(30-3)27-22(19)29-14-12-28(13-15-29)21-11-8-7-10-20(21)24/h7-8,10-11,17-18,25H,4-6,9,12-16H2,1-3H3/t18-/m1/s1. The number of halogens is 1. The summed E-state index contributed by atoms with van der Waals surface area (Å²) in [4.78, 5) is 13.8. The lowest BCUT2D eigenvalue weighted by Gasteiger charge is -2.37. The fourth-order valence-corrected chi connectivity index (χ4v) is 4.17. The van der Waals surface area contributed by atoms with Gasteiger partial charge in [0.25, 0.3) is 0 Å². The number of hydrogen-bond acceptors (Lipinski definition) is 6. The maximum atomic E-state index is 14.2. The van der Waals surface area contributed by atoms with Gasteiger partial charge < -0.3 is 15.1 Å². The first-order chi connectivity index (χ1) is 14.6. The van der Waals surface area contributed by atoms with Crippen LogP contribution in [0.2, 0.25) is 0 Å². The summed E-state index contributed by atoms with van der Waals surface area (Å²) in [5.41, 5.74) is 1.82. The minimum absolute atomic E-state index is 0.153. The van der Waals surface area contributed by atoms with Gasteiger partial charge in [0.2, 0.25) is 0 Å². The van der Waals surface area contributed by atoms with Gasteiger partial charge in [-0.1, -0.05) is 50.1 Å². The van der Waals surface area contributed by atoms with Gasteiger partial charge in [-0.3, -0.25) is 0 Å². The summed E-state index contributed by atoms with van der Waals surface area (Å²) in [6.07, 6.45) is 8.95. The summed E-state index contributed by atoms with van der Waals surface area (Å²) >= 11 is 1.56. The van der Waals surface area contributed by atoms with Crippen molar-refractivity contribution in [3.63, 3.8) is 0 Å². The van der Waals surface area contributed by atoms with E-state index in [1.54, 1.807) is 17.8 Å². The van der Waals surface area contributed by atoms with E-state index in [1.165, 1.54) is 31.7 Å². The molecule has 0 bridgehead atoms. The topological polar surface area (TPSA) is 44.3 Å². The Morgan fingerprint density at radius 1 is 1.13 bits per heavy atom. The van der Waals surface area contributed by atoms with Crippen LogP contribution in [0.1, 0.15) is 45.1 Å². The average molecular weight is 432 g/mol. The minimum Gasteiger partial charge on any atom is -0.366 e. The van der Waals surface area contributed by atoms with Crippen LogP contribution < -0.4 is 15.1 Å². The lowest BCUT2D eigenvalue weighted by atomic mass is 10.1. The maximum Gasteiger partial charge on any atom is 0.189 e. The van der Waals surface area contributed by atoms with E-state index in [1.807, 2.05) is 24.6 Å². The normalized spacial score (nSPS) is 15.5. The molecule has 1 aromatic heterocycles. The Kier molecular flexibility index (Phi) is 8.75. The number of para-hydroxylation sites is 1. The predicted octanol–water partition coefficient (Wildman–Crippen LogP) is 4.72. The largest absolute Gasteiger partial charge is 0.366 e. The molecule has 1 aliphatic heterocycles. The zero-order chi connectivity index (χ0) is 21.3. The molecule has 0 saturated carbocycles. The van der Waals surface area contributed by atoms with E-state index in [4.69, 9.17) is 4.98 Å². The van der Waals surface area contributed by atoms with Crippen LogP contribution in [-0.2, 0) is 6.54 Å². The molecule has 30 heavy (non-hydrogen) atoms. The van der Waals surface area contributed by atoms with Crippen molar-refractivity contribution in [1.29, 1.82) is 0 Å². The zero-order valence-corrected chi connectivity index (χ0v) is 19.2. The molecule has 3 rings (SSSR count). The summed E-state index contributed by atoms with van der Waals surface area (Å²) in [6.45, 7) is 8.45. The molecule has 0 unspecified atom stereocenters. The van der Waals surface area contributed by atoms with E-state index in [9.17, 15) is 4.39 Å². The number of unbranched alkanes of at least 4 members (excludes halogenated alkanes) is 2. The quantitative estimate of drug-likeness (QED) is 0.334. The Morgan fingerprint density at radius 3 is 2.57 bits per heavy atom. The number of nitrogens with zero attached hydrogens (tertiary/aromatic N) is 4. The molecule has 0 amide bonds. The third-order valence-electron chi connectivity index (χ3n) is 5.66. The van der Waals surface area contributed by atoms with Crippen molar-refractivity contribution in [3.8, 4) is 0 Å². The van der Waals surface area contributed by atoms with Crippen LogP contribution >= 0.6 is 11.8 Å². The number of aromatic nitrogens is 2. The Morgan fingerprint density at radius 2 is 1.87 bits per heavy atom. The first-order valence-electron chi connectivity index (χ1n) is 11.0. The van der Waals surface area contributed by atoms with Crippen molar-refractivity contribution in [3.05, 3.63) is 41.8 Å². The highest BCUT2D eigenvalue weighted by atomic mass is 32.2. The number of nitrogens with one attached hydrogen (secondary N) is 1. The second kappa shape index (κ2) is 11.5. The second-order valence-electron chi connectivity index (χ2n) is 7.91. The molecule has 2 aromatic rings. The molecule has 0 aliphatic carbocycles. The van der Waals surface area contributed by atoms with E-state index in [0.29, 0.717) is 11.7 Å². The van der Waals surface area contributed by atoms with E-state index < -0.39 is 0 Å². The second-order valence-corrected chi connectivity index (χ2v) is 8.68. The third kappa shape index (κ3) is 6.08. The van der Waals surface area contributed by atoms with E-state index in [2.05, 4.69) is 33.9 Å². The average Bonchev–Trinajstić information content (AvgIpc) is 2.78. The number of piperazine rings is 1. The molecular formula is C23H34FN5S. The summed E-state index contributed by atoms with van der Waals surface area (Å²) in [5, 5.41) is 4.44. The minimum atomic E-state index is -0.153. The number of thioether (sulfide) groups is 1. The summed E-state index contributed by atoms with van der Waals surface area (Å²) in [6, 6.07) is 7.50. The van der Waals surface area contributed by atoms with Crippen LogP contribution in [0.3, 0.4) is 0 Å². The van der Waals surface area contributed by atoms with Gasteiger partial charge in [0.05, 0.1) is 5.69 Å². The fourth-order valence-electron chi connectivity index (χ4n) is 3.83. The summed E-state index contributed by atoms with van der Waals surface area (Å²) < 4.78 is 14.2. The van der Waals surface area contributed by atoms with Crippen molar-refractivity contribution in [1.82, 2.24) is 15.3 Å². The zero-order valence-electron chi connectivity index (χ0n) is 18.4. The first kappa shape index (κ1) is 22.8. The Hall–Kier alpha value is -1.86. The van der Waals surface area contributed by atoms with Crippen LogP contribution in [-0.4, -0.2) is 48.4 Å². The Labute approximate surface area is 184 Å². The predicted molar refractivity (Wildman–Crippen MR) is 125 cm³/mol. The van der Waals surface area contributed by atoms with Crippen molar-refractivity contribution in [2.45, 2.75) is 57.3 Å². The molecular weight excluding hydrogens is 397 g/mol. The third-order valence-corrected chi connectivity index (χ3v) is 6.22. The molecule has 0 spiro atoms. The Balaban J connectivity index is 1.65. The van der Waals surface area contributed by atoms with Crippen LogP contribution in [0.4, 0.5) is 15.9 Å². The molecule has 1 aromatic carbocycles. The Bertz CT molecular complexity index is 795. The van der Waals surface area contributed by atoms with Gasteiger partial charge in [-0.2, -0.15) is 0 Å². The highest BCUT2D eigenvalue weighted by Crippen LogP contribution is 2.25. The molecule has 7 heteroatoms. The molecule has 5 nitrogen and oxygen atoms in total. The summed E-state index contributed by atoms with van der Waals surface area (Å²) in [7, 11) is 0. The number of anilines is 2. The maximum absolute atomic E-state index is 14.2. The SMILES string of the molecule is CCCCC[C@@H](C)NCc1cnc(SC)nc1N1CCN(c2ccccc2F)CC1. The lowest BCUT2D eigenvalue weighted by molar-refractivity contribution is 0.485. The fraction of sp³-hybridized carbons (Fsp3) is 0.565. The molecule has 2 heterocycles. The monoisotopic (exact) mass is 431 g/mol. The molecule has 164 valence electrons. The van der Waals surface area contributed by atoms with Crippen molar-refractivity contribution < 1.29 is 4.39 Å². The van der Waals surface area contributed by atoms with Gasteiger partial charge in [-0.25, -0.2) is 14.4 Å². The molecule has 0 radical (unpaired) electrons. The van der Waals surface area contributed by atoms with Crippen molar-refractivity contribution in [2.24, 2.45) is 0 Å². The van der Waals surface area contributed by atoms with Gasteiger partial charge in [0.1, 0.15) is 11.6 Å². The van der Waals surface area contributed by atoms with Gasteiger partial charge in [-0.05, 0) is 31.7 Å². The molecule has 1 N–H and O–H groups in total. The highest BCUT2D eigenvalue weighted by Gasteiger charge is 2.22. The van der Waals surface area contributed by atoms with E-state index in [-0.39, 0.29) is 5.82 Å². The van der Waals surface area contributed by atoms with E-state index >= 15 is 0 Å². The summed E-state index contributed by atoms with van der Waals surface area (Å²) in [5.74, 6) is 0.857. The smallest absolute Gasteiger partial charge is 0.189 e. The molecule has 1 atom stereocenters. The van der Waals surface area contributed by atoms with Crippen LogP contribution in [0.25, 0.3) is 0 Å². The number of benzene rings is 1.